The van der Waals surface area contributed by atoms with E-state index < -0.39 is 0 Å². The van der Waals surface area contributed by atoms with Gasteiger partial charge in [-0.1, -0.05) is 46.8 Å². The van der Waals surface area contributed by atoms with E-state index in [0.717, 1.165) is 69.0 Å². The minimum absolute atomic E-state index is 0.0271. The molecule has 0 spiro atoms. The molecule has 5 aromatic rings. The summed E-state index contributed by atoms with van der Waals surface area (Å²) in [4.78, 5) is 16.8. The first kappa shape index (κ1) is 23.2. The van der Waals surface area contributed by atoms with Crippen molar-refractivity contribution >= 4 is 22.1 Å². The zero-order valence-corrected chi connectivity index (χ0v) is 21.5. The topological polar surface area (TPSA) is 66.6 Å². The van der Waals surface area contributed by atoms with Crippen molar-refractivity contribution in [2.24, 2.45) is 0 Å². The number of methoxy groups -OCH3 is 1. The van der Waals surface area contributed by atoms with Gasteiger partial charge in [0.1, 0.15) is 17.4 Å². The number of fused-ring (bicyclic) bond motifs is 2. The first-order chi connectivity index (χ1) is 16.8. The first-order valence-corrected chi connectivity index (χ1v) is 12.5. The van der Waals surface area contributed by atoms with Crippen LogP contribution in [0.5, 0.6) is 5.75 Å². The predicted octanol–water partition coefficient (Wildman–Crippen LogP) is 7.98. The lowest BCUT2D eigenvalue weighted by Crippen LogP contribution is -2.17. The number of H-pyrrole nitrogens is 2. The van der Waals surface area contributed by atoms with E-state index in [-0.39, 0.29) is 5.41 Å². The Hall–Kier alpha value is -3.60. The standard InChI is InChI=1S/C30H34N4O/c1-7-18(3)21-13-22(15-23(14-21)35-6)28-31-24-11-9-19(16-26(24)32-28)20-10-12-25-27(17-20)34-29(33-25)30(4,5)8-2/h9-18H,7-8H2,1-6H3,(H,31,32)(H,33,34). The van der Waals surface area contributed by atoms with Crippen molar-refractivity contribution in [3.05, 3.63) is 66.0 Å². The van der Waals surface area contributed by atoms with Crippen LogP contribution in [0.25, 0.3) is 44.6 Å². The number of imidazole rings is 2. The average Bonchev–Trinajstić information content (AvgIpc) is 3.51. The SMILES string of the molecule is CCC(C)c1cc(OC)cc(-c2nc3ccc(-c4ccc5[nH]c(C(C)(C)CC)nc5c4)cc3[nH]2)c1. The van der Waals surface area contributed by atoms with E-state index in [0.29, 0.717) is 5.92 Å². The Balaban J connectivity index is 1.52. The second kappa shape index (κ2) is 8.88. The lowest BCUT2D eigenvalue weighted by Gasteiger charge is -2.18. The third-order valence-corrected chi connectivity index (χ3v) is 7.44. The van der Waals surface area contributed by atoms with Gasteiger partial charge in [-0.2, -0.15) is 0 Å². The zero-order chi connectivity index (χ0) is 24.7. The van der Waals surface area contributed by atoms with Gasteiger partial charge in [0.2, 0.25) is 0 Å². The molecule has 1 unspecified atom stereocenters. The summed E-state index contributed by atoms with van der Waals surface area (Å²) < 4.78 is 5.58. The molecule has 0 radical (unpaired) electrons. The summed E-state index contributed by atoms with van der Waals surface area (Å²) in [6.45, 7) is 11.1. The number of nitrogens with zero attached hydrogens (tertiary/aromatic N) is 2. The molecule has 0 aliphatic rings. The van der Waals surface area contributed by atoms with Crippen LogP contribution in [-0.2, 0) is 5.41 Å². The van der Waals surface area contributed by atoms with Crippen LogP contribution in [0.1, 0.15) is 64.8 Å². The van der Waals surface area contributed by atoms with Crippen LogP contribution in [0.4, 0.5) is 0 Å². The molecule has 0 saturated carbocycles. The first-order valence-electron chi connectivity index (χ1n) is 12.5. The van der Waals surface area contributed by atoms with Crippen molar-refractivity contribution in [3.8, 4) is 28.3 Å². The normalized spacial score (nSPS) is 13.0. The molecule has 1 atom stereocenters. The largest absolute Gasteiger partial charge is 0.497 e. The van der Waals surface area contributed by atoms with E-state index in [9.17, 15) is 0 Å². The van der Waals surface area contributed by atoms with Crippen LogP contribution in [0.3, 0.4) is 0 Å². The summed E-state index contributed by atoms with van der Waals surface area (Å²) in [6, 6.07) is 19.2. The molecule has 0 aliphatic carbocycles. The highest BCUT2D eigenvalue weighted by Gasteiger charge is 2.22. The van der Waals surface area contributed by atoms with Crippen LogP contribution in [0, 0.1) is 0 Å². The quantitative estimate of drug-likeness (QED) is 0.255. The Kier molecular flexibility index (Phi) is 5.87. The van der Waals surface area contributed by atoms with Crippen molar-refractivity contribution in [1.82, 2.24) is 19.9 Å². The molecule has 0 bridgehead atoms. The fourth-order valence-corrected chi connectivity index (χ4v) is 4.40. The van der Waals surface area contributed by atoms with Crippen molar-refractivity contribution in [2.75, 3.05) is 7.11 Å². The minimum atomic E-state index is 0.0271. The Morgan fingerprint density at radius 3 is 2.34 bits per heavy atom. The molecule has 5 rings (SSSR count). The van der Waals surface area contributed by atoms with Gasteiger partial charge in [0, 0.05) is 11.0 Å². The van der Waals surface area contributed by atoms with E-state index in [2.05, 4.69) is 93.1 Å². The van der Waals surface area contributed by atoms with Crippen LogP contribution in [-0.4, -0.2) is 27.0 Å². The van der Waals surface area contributed by atoms with Gasteiger partial charge in [0.15, 0.2) is 0 Å². The molecule has 3 aromatic carbocycles. The maximum absolute atomic E-state index is 5.58. The molecule has 180 valence electrons. The van der Waals surface area contributed by atoms with Gasteiger partial charge in [-0.15, -0.1) is 0 Å². The highest BCUT2D eigenvalue weighted by molar-refractivity contribution is 5.87. The summed E-state index contributed by atoms with van der Waals surface area (Å²) >= 11 is 0. The molecule has 0 amide bonds. The maximum Gasteiger partial charge on any atom is 0.138 e. The van der Waals surface area contributed by atoms with Crippen LogP contribution >= 0.6 is 0 Å². The van der Waals surface area contributed by atoms with E-state index in [4.69, 9.17) is 14.7 Å². The summed E-state index contributed by atoms with van der Waals surface area (Å²) in [6.07, 6.45) is 2.11. The van der Waals surface area contributed by atoms with Gasteiger partial charge in [0.05, 0.1) is 29.2 Å². The summed E-state index contributed by atoms with van der Waals surface area (Å²) in [7, 11) is 1.72. The van der Waals surface area contributed by atoms with Crippen molar-refractivity contribution in [2.45, 2.75) is 58.8 Å². The molecule has 2 heterocycles. The van der Waals surface area contributed by atoms with Gasteiger partial charge in [-0.05, 0) is 77.9 Å². The lowest BCUT2D eigenvalue weighted by atomic mass is 9.90. The highest BCUT2D eigenvalue weighted by Crippen LogP contribution is 2.33. The Labute approximate surface area is 207 Å². The second-order valence-electron chi connectivity index (χ2n) is 10.2. The van der Waals surface area contributed by atoms with Gasteiger partial charge in [0.25, 0.3) is 0 Å². The van der Waals surface area contributed by atoms with Crippen molar-refractivity contribution < 1.29 is 4.74 Å². The van der Waals surface area contributed by atoms with E-state index >= 15 is 0 Å². The molecule has 35 heavy (non-hydrogen) atoms. The van der Waals surface area contributed by atoms with Crippen LogP contribution in [0.15, 0.2) is 54.6 Å². The molecule has 5 nitrogen and oxygen atoms in total. The molecular weight excluding hydrogens is 432 g/mol. The molecule has 5 heteroatoms. The van der Waals surface area contributed by atoms with Gasteiger partial charge in [-0.25, -0.2) is 9.97 Å². The van der Waals surface area contributed by atoms with Gasteiger partial charge >= 0.3 is 0 Å². The number of hydrogen-bond acceptors (Lipinski definition) is 3. The number of rotatable bonds is 7. The minimum Gasteiger partial charge on any atom is -0.497 e. The third kappa shape index (κ3) is 4.31. The number of aromatic nitrogens is 4. The summed E-state index contributed by atoms with van der Waals surface area (Å²) in [5, 5.41) is 0. The molecule has 0 saturated heterocycles. The number of nitrogens with one attached hydrogen (secondary N) is 2. The Morgan fingerprint density at radius 2 is 1.60 bits per heavy atom. The third-order valence-electron chi connectivity index (χ3n) is 7.44. The second-order valence-corrected chi connectivity index (χ2v) is 10.2. The van der Waals surface area contributed by atoms with Crippen molar-refractivity contribution in [1.29, 1.82) is 0 Å². The van der Waals surface area contributed by atoms with E-state index in [1.54, 1.807) is 7.11 Å². The maximum atomic E-state index is 5.58. The Bertz CT molecular complexity index is 1510. The average molecular weight is 467 g/mol. The van der Waals surface area contributed by atoms with Crippen LogP contribution in [0.2, 0.25) is 0 Å². The number of ether oxygens (including phenoxy) is 1. The van der Waals surface area contributed by atoms with E-state index in [1.807, 2.05) is 6.07 Å². The fourth-order valence-electron chi connectivity index (χ4n) is 4.40. The summed E-state index contributed by atoms with van der Waals surface area (Å²) in [5.41, 5.74) is 8.65. The van der Waals surface area contributed by atoms with Crippen molar-refractivity contribution in [3.63, 3.8) is 0 Å². The number of aromatic amines is 2. The molecular formula is C30H34N4O. The van der Waals surface area contributed by atoms with Gasteiger partial charge in [-0.3, -0.25) is 0 Å². The summed E-state index contributed by atoms with van der Waals surface area (Å²) in [5.74, 6) is 3.21. The predicted molar refractivity (Wildman–Crippen MR) is 145 cm³/mol. The van der Waals surface area contributed by atoms with Gasteiger partial charge < -0.3 is 14.7 Å². The molecule has 0 aliphatic heterocycles. The molecule has 2 aromatic heterocycles. The monoisotopic (exact) mass is 466 g/mol. The molecule has 2 N–H and O–H groups in total. The fraction of sp³-hybridized carbons (Fsp3) is 0.333. The lowest BCUT2D eigenvalue weighted by molar-refractivity contribution is 0.414. The van der Waals surface area contributed by atoms with E-state index in [1.165, 1.54) is 5.56 Å². The highest BCUT2D eigenvalue weighted by atomic mass is 16.5. The van der Waals surface area contributed by atoms with Crippen LogP contribution < -0.4 is 4.74 Å². The number of hydrogen-bond donors (Lipinski definition) is 2. The Morgan fingerprint density at radius 1 is 0.829 bits per heavy atom. The number of benzene rings is 3. The zero-order valence-electron chi connectivity index (χ0n) is 21.5. The smallest absolute Gasteiger partial charge is 0.138 e. The molecule has 0 fully saturated rings.